The van der Waals surface area contributed by atoms with Gasteiger partial charge < -0.3 is 67.9 Å². The maximum Gasteiger partial charge on any atom is 0.410 e. The van der Waals surface area contributed by atoms with Gasteiger partial charge in [-0.1, -0.05) is 68.3 Å². The second kappa shape index (κ2) is 30.5. The Labute approximate surface area is 485 Å². The lowest BCUT2D eigenvalue weighted by Gasteiger charge is -2.42. The van der Waals surface area contributed by atoms with Gasteiger partial charge in [0.25, 0.3) is 0 Å². The van der Waals surface area contributed by atoms with Crippen molar-refractivity contribution < 1.29 is 76.6 Å². The second-order valence-electron chi connectivity index (χ2n) is 21.1. The molecule has 0 saturated carbocycles. The molecule has 10 atom stereocenters. The average Bonchev–Trinajstić information content (AvgIpc) is 4.33. The SMILES string of the molecule is C=C(CC)SCC(=O)NCCOC1CCCC/C=C/C1OC(=O)N(C)CCN(C)C(=O)OCCC(=O)N(C)[C@@H](C)C(=O)O[C@H]1CC(=O)N(C)c2cc(cc(OC)c2Cl)C/C(C)=C/C=C/[C@@H](OC)[C@@]2(O)C[C@H](OC(=O)N2)[C@@H](C)[C@@H]2O[C@@]12C. The number of nitrogens with zero attached hydrogens (tertiary/aromatic N) is 4. The molecule has 3 heterocycles. The Bertz CT molecular complexity index is 2520. The number of anilines is 1. The third-order valence-electron chi connectivity index (χ3n) is 15.1. The first kappa shape index (κ1) is 66.0. The van der Waals surface area contributed by atoms with E-state index in [4.69, 9.17) is 49.5 Å². The lowest BCUT2D eigenvalue weighted by Crippen LogP contribution is -2.63. The molecule has 0 spiro atoms. The van der Waals surface area contributed by atoms with Gasteiger partial charge in [-0.05, 0) is 81.6 Å². The largest absolute Gasteiger partial charge is 0.495 e. The van der Waals surface area contributed by atoms with Crippen LogP contribution in [0.3, 0.4) is 0 Å². The molecule has 2 unspecified atom stereocenters. The van der Waals surface area contributed by atoms with E-state index < -0.39 is 102 Å². The van der Waals surface area contributed by atoms with Crippen LogP contribution in [0, 0.1) is 5.92 Å². The number of aliphatic hydroxyl groups is 1. The number of epoxide rings is 1. The monoisotopic (exact) mass is 1170 g/mol. The van der Waals surface area contributed by atoms with Crippen molar-refractivity contribution in [3.8, 4) is 5.75 Å². The van der Waals surface area contributed by atoms with E-state index in [1.165, 1.54) is 68.7 Å². The number of carbonyl (C=O) groups is 7. The zero-order valence-corrected chi connectivity index (χ0v) is 50.2. The van der Waals surface area contributed by atoms with Crippen molar-refractivity contribution in [3.05, 3.63) is 70.2 Å². The van der Waals surface area contributed by atoms with Crippen LogP contribution < -0.4 is 20.3 Å². The third kappa shape index (κ3) is 18.3. The van der Waals surface area contributed by atoms with E-state index in [-0.39, 0.29) is 55.8 Å². The number of benzene rings is 1. The third-order valence-corrected chi connectivity index (χ3v) is 16.5. The number of esters is 1. The van der Waals surface area contributed by atoms with Crippen LogP contribution in [0.2, 0.25) is 5.02 Å². The molecule has 81 heavy (non-hydrogen) atoms. The summed E-state index contributed by atoms with van der Waals surface area (Å²) in [6.45, 7) is 13.0. The number of nitrogens with one attached hydrogen (secondary N) is 2. The highest BCUT2D eigenvalue weighted by Crippen LogP contribution is 2.49. The molecule has 1 aromatic rings. The topological polar surface area (TPSA) is 254 Å². The molecule has 1 aromatic carbocycles. The number of alkyl carbamates (subject to hydrolysis) is 1. The summed E-state index contributed by atoms with van der Waals surface area (Å²) in [5.74, 6) is -2.07. The number of thioether (sulfide) groups is 1. The highest BCUT2D eigenvalue weighted by atomic mass is 35.5. The van der Waals surface area contributed by atoms with Gasteiger partial charge in [-0.2, -0.15) is 0 Å². The zero-order chi connectivity index (χ0) is 59.8. The van der Waals surface area contributed by atoms with Crippen molar-refractivity contribution in [1.29, 1.82) is 0 Å². The molecule has 6 amide bonds. The zero-order valence-electron chi connectivity index (χ0n) is 48.6. The molecule has 3 N–H and O–H groups in total. The summed E-state index contributed by atoms with van der Waals surface area (Å²) in [5.41, 5.74) is -1.24. The lowest BCUT2D eigenvalue weighted by molar-refractivity contribution is -0.162. The Balaban J connectivity index is 1.18. The van der Waals surface area contributed by atoms with Crippen LogP contribution >= 0.6 is 23.4 Å². The molecule has 24 heteroatoms. The van der Waals surface area contributed by atoms with Crippen molar-refractivity contribution >= 4 is 71.0 Å². The fraction of sp³-hybridized carbons (Fsp3) is 0.632. The van der Waals surface area contributed by atoms with Crippen LogP contribution in [-0.2, 0) is 58.8 Å². The number of allylic oxidation sites excluding steroid dienone is 5. The summed E-state index contributed by atoms with van der Waals surface area (Å²) in [7, 11) is 8.83. The molecule has 2 fully saturated rings. The summed E-state index contributed by atoms with van der Waals surface area (Å²) in [6.07, 6.45) is 5.36. The maximum absolute atomic E-state index is 14.4. The highest BCUT2D eigenvalue weighted by Gasteiger charge is 2.64. The fourth-order valence-corrected chi connectivity index (χ4v) is 10.5. The van der Waals surface area contributed by atoms with Crippen LogP contribution in [0.15, 0.2) is 59.6 Å². The first-order chi connectivity index (χ1) is 38.3. The minimum atomic E-state index is -1.89. The molecule has 0 aromatic heterocycles. The molecular weight excluding hydrogens is 1090 g/mol. The summed E-state index contributed by atoms with van der Waals surface area (Å²) in [5, 5.41) is 17.4. The number of carbonyl (C=O) groups excluding carboxylic acids is 7. The Hall–Kier alpha value is -5.85. The maximum atomic E-state index is 14.4. The second-order valence-corrected chi connectivity index (χ2v) is 22.6. The Morgan fingerprint density at radius 2 is 1.77 bits per heavy atom. The van der Waals surface area contributed by atoms with Crippen LogP contribution in [0.5, 0.6) is 5.75 Å². The van der Waals surface area contributed by atoms with Gasteiger partial charge in [-0.25, -0.2) is 19.2 Å². The van der Waals surface area contributed by atoms with Gasteiger partial charge in [0, 0.05) is 67.3 Å². The van der Waals surface area contributed by atoms with E-state index in [1.807, 2.05) is 32.1 Å². The van der Waals surface area contributed by atoms with E-state index in [0.717, 1.165) is 46.6 Å². The molecule has 22 nitrogen and oxygen atoms in total. The van der Waals surface area contributed by atoms with Crippen molar-refractivity contribution in [3.63, 3.8) is 0 Å². The lowest BCUT2D eigenvalue weighted by atomic mass is 9.83. The first-order valence-corrected chi connectivity index (χ1v) is 28.7. The minimum Gasteiger partial charge on any atom is -0.495 e. The number of ether oxygens (including phenoxy) is 8. The van der Waals surface area contributed by atoms with Gasteiger partial charge in [0.05, 0.1) is 50.2 Å². The minimum absolute atomic E-state index is 0.0644. The van der Waals surface area contributed by atoms with E-state index in [0.29, 0.717) is 30.8 Å². The normalized spacial score (nSPS) is 27.6. The molecule has 1 aliphatic carbocycles. The molecule has 4 bridgehead atoms. The Morgan fingerprint density at radius 1 is 1.05 bits per heavy atom. The van der Waals surface area contributed by atoms with Gasteiger partial charge in [0.1, 0.15) is 53.4 Å². The number of hydrogen-bond donors (Lipinski definition) is 3. The summed E-state index contributed by atoms with van der Waals surface area (Å²) >= 11 is 8.23. The molecule has 5 rings (SSSR count). The number of amides is 6. The number of likely N-dealkylation sites (N-methyl/N-ethyl adjacent to an activating group) is 3. The number of hydrogen-bond acceptors (Lipinski definition) is 17. The van der Waals surface area contributed by atoms with Crippen LogP contribution in [0.1, 0.15) is 91.5 Å². The molecule has 3 aliphatic heterocycles. The fourth-order valence-electron chi connectivity index (χ4n) is 9.56. The van der Waals surface area contributed by atoms with Gasteiger partial charge in [0.15, 0.2) is 5.72 Å². The molecule has 2 saturated heterocycles. The van der Waals surface area contributed by atoms with E-state index in [9.17, 15) is 38.7 Å². The Morgan fingerprint density at radius 3 is 2.46 bits per heavy atom. The Kier molecular flexibility index (Phi) is 24.8. The van der Waals surface area contributed by atoms with E-state index in [1.54, 1.807) is 45.2 Å². The van der Waals surface area contributed by atoms with Crippen LogP contribution in [-0.4, -0.2) is 197 Å². The van der Waals surface area contributed by atoms with Crippen molar-refractivity contribution in [2.75, 3.05) is 85.9 Å². The first-order valence-electron chi connectivity index (χ1n) is 27.4. The highest BCUT2D eigenvalue weighted by molar-refractivity contribution is 8.03. The van der Waals surface area contributed by atoms with Crippen molar-refractivity contribution in [2.24, 2.45) is 5.92 Å². The van der Waals surface area contributed by atoms with Crippen molar-refractivity contribution in [2.45, 2.75) is 146 Å². The van der Waals surface area contributed by atoms with E-state index >= 15 is 0 Å². The van der Waals surface area contributed by atoms with Gasteiger partial charge in [0.2, 0.25) is 17.7 Å². The number of fused-ring (bicyclic) bond motifs is 5. The molecule has 4 aliphatic rings. The van der Waals surface area contributed by atoms with Crippen LogP contribution in [0.4, 0.5) is 20.1 Å². The molecule has 0 radical (unpaired) electrons. The summed E-state index contributed by atoms with van der Waals surface area (Å²) in [6, 6.07) is 2.32. The smallest absolute Gasteiger partial charge is 0.410 e. The molecule has 450 valence electrons. The van der Waals surface area contributed by atoms with Gasteiger partial charge in [-0.3, -0.25) is 19.7 Å². The predicted molar refractivity (Wildman–Crippen MR) is 305 cm³/mol. The van der Waals surface area contributed by atoms with Gasteiger partial charge in [-0.15, -0.1) is 11.8 Å². The van der Waals surface area contributed by atoms with Gasteiger partial charge >= 0.3 is 24.2 Å². The predicted octanol–water partition coefficient (Wildman–Crippen LogP) is 6.70. The quantitative estimate of drug-likeness (QED) is 0.0404. The van der Waals surface area contributed by atoms with E-state index in [2.05, 4.69) is 17.2 Å². The summed E-state index contributed by atoms with van der Waals surface area (Å²) in [4.78, 5) is 99.6. The standard InChI is InChI=1S/C57H83ClN6O16S/c1-13-36(3)81-34-47(65)59-24-28-75-41-20-16-14-15-17-21-42(41)78-55(71)62(8)26-25-61(7)54(70)76-27-23-48(66)63(9)38(5)52(68)79-46-32-49(67)64(10)40-30-39(31-43(73-11)50(40)58)29-35(2)19-18-22-45(74-12)57(72)33-44(77-53(69)60-57)37(4)51-56(46,6)80-51/h17-19,21-22,30-31,37-38,41-42,44-46,51,72H,3,13-16,20,23-29,32-34H2,1-2,4-12H3,(H,59,65)(H,60,69)/b21-17+,22-18+,35-19+/t37-,38+,41?,42?,44+,45-,46+,51+,56+,57+/m1/s1. The number of rotatable bonds is 20. The van der Waals surface area contributed by atoms with Crippen LogP contribution in [0.25, 0.3) is 0 Å². The number of halogens is 1. The average molecular weight is 1180 g/mol. The number of methoxy groups -OCH3 is 2. The van der Waals surface area contributed by atoms with Crippen molar-refractivity contribution in [1.82, 2.24) is 25.3 Å². The summed E-state index contributed by atoms with van der Waals surface area (Å²) < 4.78 is 46.8. The molecular formula is C57H83ClN6O16S.